The summed E-state index contributed by atoms with van der Waals surface area (Å²) in [5.41, 5.74) is 0. The lowest BCUT2D eigenvalue weighted by Crippen LogP contribution is -2.51. The molecule has 1 N–H and O–H groups in total. The summed E-state index contributed by atoms with van der Waals surface area (Å²) < 4.78 is 7.65. The van der Waals surface area contributed by atoms with Crippen molar-refractivity contribution in [2.45, 2.75) is 57.0 Å². The van der Waals surface area contributed by atoms with Gasteiger partial charge < -0.3 is 15.1 Å². The minimum absolute atomic E-state index is 0.768. The number of piperidine rings is 3. The molecule has 0 aromatic carbocycles. The molecule has 3 aliphatic heterocycles. The Balaban J connectivity index is 1.44. The van der Waals surface area contributed by atoms with Crippen molar-refractivity contribution in [3.8, 4) is 0 Å². The van der Waals surface area contributed by atoms with Crippen LogP contribution in [0.2, 0.25) is 1.41 Å². The highest BCUT2D eigenvalue weighted by Crippen LogP contribution is 2.23. The Morgan fingerprint density at radius 1 is 0.722 bits per heavy atom. The molecule has 3 nitrogen and oxygen atoms in total. The van der Waals surface area contributed by atoms with E-state index in [0.29, 0.717) is 0 Å². The predicted molar refractivity (Wildman–Crippen MR) is 75.9 cm³/mol. The molecule has 3 aliphatic rings. The van der Waals surface area contributed by atoms with Crippen molar-refractivity contribution in [3.63, 3.8) is 0 Å². The fourth-order valence-electron chi connectivity index (χ4n) is 4.00. The summed E-state index contributed by atoms with van der Waals surface area (Å²) in [6, 6.07) is 1.64. The normalized spacial score (nSPS) is 32.6. The Hall–Kier alpha value is -0.120. The zero-order chi connectivity index (χ0) is 13.1. The second kappa shape index (κ2) is 6.36. The average molecular weight is 252 g/mol. The molecule has 0 unspecified atom stereocenters. The number of likely N-dealkylation sites (tertiary alicyclic amines) is 2. The number of hydrogen-bond acceptors (Lipinski definition) is 3. The Bertz CT molecular complexity index is 265. The first-order chi connectivity index (χ1) is 9.33. The van der Waals surface area contributed by atoms with Crippen LogP contribution in [-0.4, -0.2) is 61.2 Å². The molecule has 18 heavy (non-hydrogen) atoms. The highest BCUT2D eigenvalue weighted by atomic mass is 15.2. The van der Waals surface area contributed by atoms with Crippen LogP contribution in [0.25, 0.3) is 0 Å². The molecule has 104 valence electrons. The second-order valence-corrected chi connectivity index (χ2v) is 6.27. The number of rotatable bonds is 2. The van der Waals surface area contributed by atoms with Gasteiger partial charge in [0.1, 0.15) is 1.41 Å². The standard InChI is InChI=1S/C15H29N3/c1-2-10-17(11-3-1)15-6-12-18(13-7-15)14-4-8-16-9-5-14/h14-16H,1-13H2/i/hD. The van der Waals surface area contributed by atoms with Crippen molar-refractivity contribution < 1.29 is 1.41 Å². The lowest BCUT2D eigenvalue weighted by atomic mass is 9.96. The van der Waals surface area contributed by atoms with Gasteiger partial charge >= 0.3 is 0 Å². The van der Waals surface area contributed by atoms with Gasteiger partial charge in [0.25, 0.3) is 0 Å². The van der Waals surface area contributed by atoms with Crippen molar-refractivity contribution in [2.75, 3.05) is 39.3 Å². The largest absolute Gasteiger partial charge is 0.317 e. The fourth-order valence-corrected chi connectivity index (χ4v) is 4.00. The molecule has 0 spiro atoms. The van der Waals surface area contributed by atoms with Gasteiger partial charge in [-0.1, -0.05) is 6.42 Å². The zero-order valence-electron chi connectivity index (χ0n) is 12.7. The SMILES string of the molecule is [2H]N1CCC(N2CCC(N3CCCCC3)CC2)CC1. The molecular weight excluding hydrogens is 222 g/mol. The number of nitrogens with zero attached hydrogens (tertiary/aromatic N) is 2. The van der Waals surface area contributed by atoms with Crippen LogP contribution in [0, 0.1) is 0 Å². The summed E-state index contributed by atoms with van der Waals surface area (Å²) in [5, 5.41) is 1.73. The van der Waals surface area contributed by atoms with E-state index in [-0.39, 0.29) is 0 Å². The quantitative estimate of drug-likeness (QED) is 0.807. The molecule has 0 saturated carbocycles. The third kappa shape index (κ3) is 3.06. The molecule has 3 rings (SSSR count). The summed E-state index contributed by atoms with van der Waals surface area (Å²) in [7, 11) is 0. The van der Waals surface area contributed by atoms with Crippen LogP contribution in [0.5, 0.6) is 0 Å². The maximum atomic E-state index is 7.65. The summed E-state index contributed by atoms with van der Waals surface area (Å²) in [6.45, 7) is 7.23. The molecule has 0 aromatic rings. The van der Waals surface area contributed by atoms with Gasteiger partial charge in [0.15, 0.2) is 0 Å². The van der Waals surface area contributed by atoms with Crippen molar-refractivity contribution in [2.24, 2.45) is 0 Å². The molecule has 3 saturated heterocycles. The van der Waals surface area contributed by atoms with Gasteiger partial charge in [0, 0.05) is 12.1 Å². The number of nitrogens with one attached hydrogen (secondary N) is 1. The zero-order valence-corrected chi connectivity index (χ0v) is 11.7. The smallest absolute Gasteiger partial charge is 0.122 e. The molecule has 3 fully saturated rings. The summed E-state index contributed by atoms with van der Waals surface area (Å²) in [6.07, 6.45) is 9.45. The van der Waals surface area contributed by atoms with Crippen molar-refractivity contribution in [1.82, 2.24) is 15.1 Å². The van der Waals surface area contributed by atoms with E-state index in [0.717, 1.165) is 25.2 Å². The van der Waals surface area contributed by atoms with Gasteiger partial charge in [-0.05, 0) is 77.8 Å². The number of hydrogen-bond donors (Lipinski definition) is 1. The Morgan fingerprint density at radius 2 is 1.28 bits per heavy atom. The summed E-state index contributed by atoms with van der Waals surface area (Å²) in [4.78, 5) is 5.47. The molecule has 0 bridgehead atoms. The van der Waals surface area contributed by atoms with E-state index < -0.39 is 0 Å². The van der Waals surface area contributed by atoms with E-state index in [1.165, 1.54) is 71.1 Å². The Morgan fingerprint density at radius 3 is 1.94 bits per heavy atom. The van der Waals surface area contributed by atoms with E-state index in [2.05, 4.69) is 9.80 Å². The molecule has 0 aromatic heterocycles. The first kappa shape index (κ1) is 11.7. The van der Waals surface area contributed by atoms with Gasteiger partial charge in [0.05, 0.1) is 0 Å². The van der Waals surface area contributed by atoms with E-state index in [9.17, 15) is 0 Å². The summed E-state index contributed by atoms with van der Waals surface area (Å²) in [5.74, 6) is 0. The van der Waals surface area contributed by atoms with Crippen molar-refractivity contribution >= 4 is 0 Å². The molecule has 0 radical (unpaired) electrons. The molecular formula is C15H29N3. The molecule has 0 amide bonds. The van der Waals surface area contributed by atoms with E-state index >= 15 is 0 Å². The van der Waals surface area contributed by atoms with Crippen LogP contribution < -0.4 is 5.31 Å². The highest BCUT2D eigenvalue weighted by molar-refractivity contribution is 4.86. The molecule has 0 atom stereocenters. The molecule has 3 heterocycles. The highest BCUT2D eigenvalue weighted by Gasteiger charge is 2.29. The van der Waals surface area contributed by atoms with Crippen LogP contribution in [0.4, 0.5) is 0 Å². The van der Waals surface area contributed by atoms with Crippen LogP contribution in [0.3, 0.4) is 0 Å². The van der Waals surface area contributed by atoms with Crippen molar-refractivity contribution in [1.29, 1.82) is 0 Å². The van der Waals surface area contributed by atoms with Gasteiger partial charge in [-0.3, -0.25) is 0 Å². The van der Waals surface area contributed by atoms with Crippen LogP contribution in [-0.2, 0) is 0 Å². The summed E-state index contributed by atoms with van der Waals surface area (Å²) >= 11 is 0. The molecule has 3 heteroatoms. The van der Waals surface area contributed by atoms with Crippen LogP contribution in [0.15, 0.2) is 0 Å². The van der Waals surface area contributed by atoms with Gasteiger partial charge in [-0.25, -0.2) is 0 Å². The van der Waals surface area contributed by atoms with E-state index in [4.69, 9.17) is 1.41 Å². The van der Waals surface area contributed by atoms with Gasteiger partial charge in [0.2, 0.25) is 0 Å². The topological polar surface area (TPSA) is 18.5 Å². The lowest BCUT2D eigenvalue weighted by Gasteiger charge is -2.43. The average Bonchev–Trinajstić information content (AvgIpc) is 2.49. The monoisotopic (exact) mass is 252 g/mol. The third-order valence-electron chi connectivity index (χ3n) is 5.16. The Kier molecular flexibility index (Phi) is 4.13. The Labute approximate surface area is 113 Å². The minimum Gasteiger partial charge on any atom is -0.317 e. The van der Waals surface area contributed by atoms with Crippen molar-refractivity contribution in [3.05, 3.63) is 0 Å². The first-order valence-electron chi connectivity index (χ1n) is 8.49. The van der Waals surface area contributed by atoms with E-state index in [1.54, 1.807) is 5.31 Å². The third-order valence-corrected chi connectivity index (χ3v) is 5.16. The minimum atomic E-state index is 0.768. The van der Waals surface area contributed by atoms with Crippen LogP contribution in [0.1, 0.15) is 44.9 Å². The lowest BCUT2D eigenvalue weighted by molar-refractivity contribution is 0.0636. The predicted octanol–water partition coefficient (Wildman–Crippen LogP) is 1.69. The van der Waals surface area contributed by atoms with Gasteiger partial charge in [-0.15, -0.1) is 0 Å². The second-order valence-electron chi connectivity index (χ2n) is 6.27. The maximum absolute atomic E-state index is 7.65. The maximum Gasteiger partial charge on any atom is 0.122 e. The fraction of sp³-hybridized carbons (Fsp3) is 1.00. The van der Waals surface area contributed by atoms with Crippen LogP contribution >= 0.6 is 0 Å². The van der Waals surface area contributed by atoms with E-state index in [1.807, 2.05) is 0 Å². The molecule has 0 aliphatic carbocycles. The first-order valence-corrected chi connectivity index (χ1v) is 8.05. The van der Waals surface area contributed by atoms with Gasteiger partial charge in [-0.2, -0.15) is 0 Å².